The van der Waals surface area contributed by atoms with Gasteiger partial charge in [0.1, 0.15) is 5.75 Å². The van der Waals surface area contributed by atoms with Crippen LogP contribution in [0.2, 0.25) is 0 Å². The number of nitrogens with zero attached hydrogens (tertiary/aromatic N) is 5. The third-order valence-electron chi connectivity index (χ3n) is 6.69. The van der Waals surface area contributed by atoms with E-state index >= 15 is 0 Å². The molecule has 1 atom stereocenters. The minimum absolute atomic E-state index is 0.0580. The lowest BCUT2D eigenvalue weighted by molar-refractivity contribution is -0.137. The number of allylic oxidation sites excluding steroid dienone is 1. The average molecular weight is 603 g/mol. The second-order valence-electron chi connectivity index (χ2n) is 9.92. The van der Waals surface area contributed by atoms with Crippen molar-refractivity contribution in [2.24, 2.45) is 15.7 Å². The van der Waals surface area contributed by atoms with E-state index in [1.165, 1.54) is 24.7 Å². The molecule has 10 nitrogen and oxygen atoms in total. The highest BCUT2D eigenvalue weighted by atomic mass is 19.4. The van der Waals surface area contributed by atoms with Crippen molar-refractivity contribution in [3.63, 3.8) is 0 Å². The number of alkyl halides is 3. The normalized spacial score (nSPS) is 14.1. The zero-order valence-electron chi connectivity index (χ0n) is 23.8. The summed E-state index contributed by atoms with van der Waals surface area (Å²) in [5.41, 5.74) is 8.63. The Labute approximate surface area is 251 Å². The number of carbonyl (C=O) groups is 1. The fourth-order valence-electron chi connectivity index (χ4n) is 4.49. The standard InChI is InChI=1S/C31H29F3N8O2/c1-19-11-13-42-29(39-19)27(18-38-42)21-5-8-25(9-6-21)44-20(2)37-17-24(15-35)40-30(43)41-28-14-23(31(32,33)34)7-10-26(28)22-4-3-12-36-16-22/h3-10,12,14-18,20H,11,13,35H2,1-2H3,(H2,40,41,43)/b24-15+,37-17?. The van der Waals surface area contributed by atoms with Crippen LogP contribution in [0.5, 0.6) is 5.75 Å². The van der Waals surface area contributed by atoms with Crippen LogP contribution in [0.15, 0.2) is 95.1 Å². The molecule has 0 radical (unpaired) electrons. The topological polar surface area (TPSA) is 132 Å². The van der Waals surface area contributed by atoms with Gasteiger partial charge in [0.05, 0.1) is 29.4 Å². The SMILES string of the molecule is CC1=Nc2c(-c3ccc(OC(C)N=C/C(=C\N)NC(=O)Nc4cc(C(F)(F)F)ccc4-c4cccnc4)cc3)cnn2CC1. The Hall–Kier alpha value is -5.46. The van der Waals surface area contributed by atoms with Crippen molar-refractivity contribution >= 4 is 29.5 Å². The molecule has 5 rings (SSSR count). The predicted octanol–water partition coefficient (Wildman–Crippen LogP) is 6.54. The van der Waals surface area contributed by atoms with Gasteiger partial charge in [-0.25, -0.2) is 19.5 Å². The van der Waals surface area contributed by atoms with Gasteiger partial charge in [-0.15, -0.1) is 0 Å². The third-order valence-corrected chi connectivity index (χ3v) is 6.69. The molecule has 44 heavy (non-hydrogen) atoms. The molecule has 2 aromatic carbocycles. The number of aryl methyl sites for hydroxylation is 1. The van der Waals surface area contributed by atoms with E-state index in [-0.39, 0.29) is 11.4 Å². The van der Waals surface area contributed by atoms with Crippen LogP contribution >= 0.6 is 0 Å². The number of benzene rings is 2. The number of urea groups is 1. The number of hydrogen-bond donors (Lipinski definition) is 3. The summed E-state index contributed by atoms with van der Waals surface area (Å²) in [6, 6.07) is 13.0. The van der Waals surface area contributed by atoms with E-state index in [0.29, 0.717) is 16.9 Å². The van der Waals surface area contributed by atoms with Gasteiger partial charge >= 0.3 is 12.2 Å². The van der Waals surface area contributed by atoms with Crippen molar-refractivity contribution in [3.05, 3.63) is 90.6 Å². The fourth-order valence-corrected chi connectivity index (χ4v) is 4.49. The van der Waals surface area contributed by atoms with Crippen LogP contribution in [-0.4, -0.2) is 38.9 Å². The molecule has 0 fully saturated rings. The monoisotopic (exact) mass is 602 g/mol. The number of amides is 2. The summed E-state index contributed by atoms with van der Waals surface area (Å²) < 4.78 is 47.9. The van der Waals surface area contributed by atoms with E-state index in [9.17, 15) is 18.0 Å². The quantitative estimate of drug-likeness (QED) is 0.197. The van der Waals surface area contributed by atoms with E-state index in [0.717, 1.165) is 54.0 Å². The maximum Gasteiger partial charge on any atom is 0.416 e. The van der Waals surface area contributed by atoms with E-state index in [1.54, 1.807) is 25.3 Å². The number of halogens is 3. The molecule has 4 N–H and O–H groups in total. The molecular weight excluding hydrogens is 573 g/mol. The lowest BCUT2D eigenvalue weighted by Gasteiger charge is -2.15. The summed E-state index contributed by atoms with van der Waals surface area (Å²) in [6.45, 7) is 4.50. The van der Waals surface area contributed by atoms with Crippen LogP contribution < -0.4 is 21.1 Å². The molecule has 2 amide bonds. The smallest absolute Gasteiger partial charge is 0.416 e. The van der Waals surface area contributed by atoms with Gasteiger partial charge < -0.3 is 21.1 Å². The van der Waals surface area contributed by atoms with Crippen LogP contribution in [0.1, 0.15) is 25.8 Å². The number of carbonyl (C=O) groups excluding carboxylic acids is 1. The Morgan fingerprint density at radius 3 is 2.61 bits per heavy atom. The van der Waals surface area contributed by atoms with Crippen molar-refractivity contribution in [1.82, 2.24) is 20.1 Å². The zero-order valence-corrected chi connectivity index (χ0v) is 23.8. The average Bonchev–Trinajstić information content (AvgIpc) is 3.42. The van der Waals surface area contributed by atoms with Gasteiger partial charge in [0.2, 0.25) is 0 Å². The van der Waals surface area contributed by atoms with Gasteiger partial charge in [-0.1, -0.05) is 24.3 Å². The van der Waals surface area contributed by atoms with Gasteiger partial charge in [-0.3, -0.25) is 4.98 Å². The molecule has 0 saturated heterocycles. The summed E-state index contributed by atoms with van der Waals surface area (Å²) in [5.74, 6) is 1.40. The molecule has 1 unspecified atom stereocenters. The lowest BCUT2D eigenvalue weighted by Crippen LogP contribution is -2.30. The first kappa shape index (κ1) is 30.0. The van der Waals surface area contributed by atoms with Crippen molar-refractivity contribution in [1.29, 1.82) is 0 Å². The highest BCUT2D eigenvalue weighted by molar-refractivity contribution is 5.98. The maximum atomic E-state index is 13.4. The molecule has 2 aromatic heterocycles. The lowest BCUT2D eigenvalue weighted by atomic mass is 10.0. The molecule has 4 aromatic rings. The van der Waals surface area contributed by atoms with E-state index in [2.05, 4.69) is 30.7 Å². The Bertz CT molecular complexity index is 1730. The van der Waals surface area contributed by atoms with Gasteiger partial charge in [-0.05, 0) is 49.7 Å². The molecule has 0 aliphatic carbocycles. The third kappa shape index (κ3) is 7.12. The van der Waals surface area contributed by atoms with Gasteiger partial charge in [0, 0.05) is 54.0 Å². The van der Waals surface area contributed by atoms with E-state index < -0.39 is 24.0 Å². The minimum Gasteiger partial charge on any atom is -0.469 e. The largest absolute Gasteiger partial charge is 0.469 e. The first-order valence-corrected chi connectivity index (χ1v) is 13.6. The first-order valence-electron chi connectivity index (χ1n) is 13.6. The van der Waals surface area contributed by atoms with Gasteiger partial charge in [0.25, 0.3) is 0 Å². The van der Waals surface area contributed by atoms with Gasteiger partial charge in [-0.2, -0.15) is 18.3 Å². The first-order chi connectivity index (χ1) is 21.1. The molecule has 1 aliphatic rings. The number of fused-ring (bicyclic) bond motifs is 1. The number of aromatic nitrogens is 3. The summed E-state index contributed by atoms with van der Waals surface area (Å²) in [7, 11) is 0. The number of anilines is 1. The number of ether oxygens (including phenoxy) is 1. The Kier molecular flexibility index (Phi) is 8.74. The number of rotatable bonds is 8. The van der Waals surface area contributed by atoms with Crippen LogP contribution in [-0.2, 0) is 12.7 Å². The molecule has 0 saturated carbocycles. The second-order valence-corrected chi connectivity index (χ2v) is 9.92. The van der Waals surface area contributed by atoms with Crippen LogP contribution in [0, 0.1) is 0 Å². The second kappa shape index (κ2) is 12.8. The molecular formula is C31H29F3N8O2. The number of nitrogens with two attached hydrogens (primary N) is 1. The van der Waals surface area contributed by atoms with E-state index in [4.69, 9.17) is 10.5 Å². The summed E-state index contributed by atoms with van der Waals surface area (Å²) in [6.07, 6.45) is 2.85. The van der Waals surface area contributed by atoms with Crippen LogP contribution in [0.4, 0.5) is 29.5 Å². The summed E-state index contributed by atoms with van der Waals surface area (Å²) in [5, 5.41) is 9.38. The Morgan fingerprint density at radius 2 is 1.91 bits per heavy atom. The molecule has 0 spiro atoms. The van der Waals surface area contributed by atoms with E-state index in [1.807, 2.05) is 35.9 Å². The molecule has 1 aliphatic heterocycles. The predicted molar refractivity (Wildman–Crippen MR) is 163 cm³/mol. The van der Waals surface area contributed by atoms with Crippen LogP contribution in [0.25, 0.3) is 22.3 Å². The molecule has 13 heteroatoms. The fraction of sp³-hybridized carbons (Fsp3) is 0.194. The van der Waals surface area contributed by atoms with Crippen LogP contribution in [0.3, 0.4) is 0 Å². The molecule has 226 valence electrons. The highest BCUT2D eigenvalue weighted by Gasteiger charge is 2.31. The Balaban J connectivity index is 1.22. The highest BCUT2D eigenvalue weighted by Crippen LogP contribution is 2.36. The number of aliphatic imine (C=N–C) groups is 2. The van der Waals surface area contributed by atoms with Gasteiger partial charge in [0.15, 0.2) is 12.0 Å². The minimum atomic E-state index is -4.60. The number of nitrogens with one attached hydrogen (secondary N) is 2. The maximum absolute atomic E-state index is 13.4. The van der Waals surface area contributed by atoms with Crippen molar-refractivity contribution in [2.75, 3.05) is 5.32 Å². The molecule has 3 heterocycles. The van der Waals surface area contributed by atoms with Crippen molar-refractivity contribution in [3.8, 4) is 28.0 Å². The summed E-state index contributed by atoms with van der Waals surface area (Å²) in [4.78, 5) is 25.7. The Morgan fingerprint density at radius 1 is 1.11 bits per heavy atom. The van der Waals surface area contributed by atoms with Crippen molar-refractivity contribution in [2.45, 2.75) is 39.2 Å². The number of hydrogen-bond acceptors (Lipinski definition) is 7. The molecule has 0 bridgehead atoms. The zero-order chi connectivity index (χ0) is 31.3. The summed E-state index contributed by atoms with van der Waals surface area (Å²) >= 11 is 0. The van der Waals surface area contributed by atoms with Crippen molar-refractivity contribution < 1.29 is 22.7 Å². The number of pyridine rings is 1.